The quantitative estimate of drug-likeness (QED) is 0.763. The summed E-state index contributed by atoms with van der Waals surface area (Å²) in [6.07, 6.45) is -2.24. The first-order chi connectivity index (χ1) is 8.58. The second-order valence-corrected chi connectivity index (χ2v) is 5.90. The summed E-state index contributed by atoms with van der Waals surface area (Å²) in [5.41, 5.74) is 4.53. The van der Waals surface area contributed by atoms with Crippen LogP contribution >= 0.6 is 0 Å². The molecule has 0 aromatic heterocycles. The van der Waals surface area contributed by atoms with E-state index < -0.39 is 23.1 Å². The van der Waals surface area contributed by atoms with E-state index in [1.165, 1.54) is 6.07 Å². The Bertz CT molecular complexity index is 493. The molecule has 19 heavy (non-hydrogen) atoms. The lowest BCUT2D eigenvalue weighted by Crippen LogP contribution is -2.45. The minimum absolute atomic E-state index is 0.251. The molecule has 1 fully saturated rings. The van der Waals surface area contributed by atoms with Gasteiger partial charge in [0.05, 0.1) is 5.56 Å². The molecule has 0 aliphatic heterocycles. The monoisotopic (exact) mass is 275 g/mol. The number of rotatable bonds is 1. The summed E-state index contributed by atoms with van der Waals surface area (Å²) in [6.45, 7) is 3.94. The van der Waals surface area contributed by atoms with Crippen molar-refractivity contribution in [3.63, 3.8) is 0 Å². The predicted octanol–water partition coefficient (Wildman–Crippen LogP) is 4.21. The zero-order valence-corrected chi connectivity index (χ0v) is 10.9. The van der Waals surface area contributed by atoms with Crippen LogP contribution in [0.25, 0.3) is 0 Å². The molecule has 1 aromatic carbocycles. The summed E-state index contributed by atoms with van der Waals surface area (Å²) in [5, 5.41) is 0. The van der Waals surface area contributed by atoms with E-state index in [2.05, 4.69) is 0 Å². The zero-order chi connectivity index (χ0) is 14.5. The van der Waals surface area contributed by atoms with E-state index in [0.29, 0.717) is 12.0 Å². The third kappa shape index (κ3) is 2.24. The Hall–Kier alpha value is -1.10. The van der Waals surface area contributed by atoms with Gasteiger partial charge in [-0.3, -0.25) is 0 Å². The summed E-state index contributed by atoms with van der Waals surface area (Å²) in [7, 11) is 0. The molecule has 0 amide bonds. The highest BCUT2D eigenvalue weighted by atomic mass is 19.4. The highest BCUT2D eigenvalue weighted by Gasteiger charge is 2.47. The molecule has 1 aliphatic carbocycles. The average Bonchev–Trinajstić information content (AvgIpc) is 2.52. The van der Waals surface area contributed by atoms with Gasteiger partial charge in [0.1, 0.15) is 5.82 Å². The number of hydrogen-bond donors (Lipinski definition) is 1. The maximum absolute atomic E-state index is 13.6. The standard InChI is InChI=1S/C14H17F4N/c1-12(2)6-3-7-13(12,19)9-4-5-10(11(15)8-9)14(16,17)18/h4-5,8H,3,6-7,19H2,1-2H3. The number of benzene rings is 1. The number of halogens is 4. The SMILES string of the molecule is CC1(C)CCCC1(N)c1ccc(C(F)(F)F)c(F)c1. The lowest BCUT2D eigenvalue weighted by atomic mass is 9.71. The smallest absolute Gasteiger partial charge is 0.321 e. The van der Waals surface area contributed by atoms with E-state index in [1.54, 1.807) is 0 Å². The molecule has 1 unspecified atom stereocenters. The fraction of sp³-hybridized carbons (Fsp3) is 0.571. The molecule has 1 saturated carbocycles. The highest BCUT2D eigenvalue weighted by Crippen LogP contribution is 2.50. The third-order valence-corrected chi connectivity index (χ3v) is 4.37. The van der Waals surface area contributed by atoms with Crippen molar-refractivity contribution in [3.8, 4) is 0 Å². The molecule has 1 nitrogen and oxygen atoms in total. The van der Waals surface area contributed by atoms with E-state index in [0.717, 1.165) is 25.0 Å². The molecule has 106 valence electrons. The van der Waals surface area contributed by atoms with Crippen molar-refractivity contribution >= 4 is 0 Å². The normalized spacial score (nSPS) is 26.7. The zero-order valence-electron chi connectivity index (χ0n) is 10.9. The molecular formula is C14H17F4N. The van der Waals surface area contributed by atoms with Crippen LogP contribution in [-0.4, -0.2) is 0 Å². The number of alkyl halides is 3. The molecule has 2 rings (SSSR count). The van der Waals surface area contributed by atoms with Crippen LogP contribution < -0.4 is 5.73 Å². The minimum atomic E-state index is -4.67. The Kier molecular flexibility index (Phi) is 3.16. The van der Waals surface area contributed by atoms with Crippen molar-refractivity contribution in [3.05, 3.63) is 35.1 Å². The first kappa shape index (κ1) is 14.3. The van der Waals surface area contributed by atoms with Crippen LogP contribution in [0.3, 0.4) is 0 Å². The summed E-state index contributed by atoms with van der Waals surface area (Å²) >= 11 is 0. The van der Waals surface area contributed by atoms with Crippen LogP contribution in [0, 0.1) is 11.2 Å². The highest BCUT2D eigenvalue weighted by molar-refractivity contribution is 5.33. The van der Waals surface area contributed by atoms with E-state index in [-0.39, 0.29) is 5.41 Å². The average molecular weight is 275 g/mol. The summed E-state index contributed by atoms with van der Waals surface area (Å²) < 4.78 is 51.2. The molecule has 0 radical (unpaired) electrons. The van der Waals surface area contributed by atoms with E-state index in [9.17, 15) is 17.6 Å². The molecule has 1 aromatic rings. The second kappa shape index (κ2) is 4.20. The molecule has 0 bridgehead atoms. The van der Waals surface area contributed by atoms with Gasteiger partial charge in [0.25, 0.3) is 0 Å². The molecular weight excluding hydrogens is 258 g/mol. The topological polar surface area (TPSA) is 26.0 Å². The van der Waals surface area contributed by atoms with Gasteiger partial charge in [-0.25, -0.2) is 4.39 Å². The molecule has 0 heterocycles. The van der Waals surface area contributed by atoms with Crippen molar-refractivity contribution in [1.29, 1.82) is 0 Å². The maximum atomic E-state index is 13.6. The predicted molar refractivity (Wildman–Crippen MR) is 64.9 cm³/mol. The van der Waals surface area contributed by atoms with Crippen molar-refractivity contribution in [2.45, 2.75) is 44.8 Å². The summed E-state index contributed by atoms with van der Waals surface area (Å²) in [6, 6.07) is 3.03. The Balaban J connectivity index is 2.46. The molecule has 5 heteroatoms. The van der Waals surface area contributed by atoms with Crippen LogP contribution in [0.2, 0.25) is 0 Å². The van der Waals surface area contributed by atoms with Gasteiger partial charge >= 0.3 is 6.18 Å². The maximum Gasteiger partial charge on any atom is 0.419 e. The fourth-order valence-electron chi connectivity index (χ4n) is 2.93. The van der Waals surface area contributed by atoms with Gasteiger partial charge in [-0.1, -0.05) is 26.3 Å². The van der Waals surface area contributed by atoms with Crippen LogP contribution in [-0.2, 0) is 11.7 Å². The largest absolute Gasteiger partial charge is 0.419 e. The summed E-state index contributed by atoms with van der Waals surface area (Å²) in [5.74, 6) is -1.25. The Morgan fingerprint density at radius 3 is 2.21 bits per heavy atom. The molecule has 1 aliphatic rings. The van der Waals surface area contributed by atoms with Gasteiger partial charge in [-0.15, -0.1) is 0 Å². The van der Waals surface area contributed by atoms with Gasteiger partial charge in [0, 0.05) is 5.54 Å². The van der Waals surface area contributed by atoms with Crippen LogP contribution in [0.5, 0.6) is 0 Å². The molecule has 1 atom stereocenters. The van der Waals surface area contributed by atoms with Crippen LogP contribution in [0.4, 0.5) is 17.6 Å². The van der Waals surface area contributed by atoms with Gasteiger partial charge in [0.2, 0.25) is 0 Å². The number of nitrogens with two attached hydrogens (primary N) is 1. The summed E-state index contributed by atoms with van der Waals surface area (Å²) in [4.78, 5) is 0. The Morgan fingerprint density at radius 2 is 1.79 bits per heavy atom. The van der Waals surface area contributed by atoms with Gasteiger partial charge in [-0.2, -0.15) is 13.2 Å². The van der Waals surface area contributed by atoms with E-state index in [1.807, 2.05) is 13.8 Å². The van der Waals surface area contributed by atoms with Gasteiger partial charge in [0.15, 0.2) is 0 Å². The lowest BCUT2D eigenvalue weighted by Gasteiger charge is -2.39. The third-order valence-electron chi connectivity index (χ3n) is 4.37. The Morgan fingerprint density at radius 1 is 1.16 bits per heavy atom. The van der Waals surface area contributed by atoms with Crippen LogP contribution in [0.1, 0.15) is 44.2 Å². The van der Waals surface area contributed by atoms with E-state index in [4.69, 9.17) is 5.73 Å². The molecule has 0 saturated heterocycles. The van der Waals surface area contributed by atoms with Gasteiger partial charge < -0.3 is 5.73 Å². The minimum Gasteiger partial charge on any atom is -0.321 e. The Labute approximate surface area is 109 Å². The van der Waals surface area contributed by atoms with Crippen molar-refractivity contribution in [2.24, 2.45) is 11.1 Å². The number of hydrogen-bond acceptors (Lipinski definition) is 1. The molecule has 2 N–H and O–H groups in total. The molecule has 0 spiro atoms. The fourth-order valence-corrected chi connectivity index (χ4v) is 2.93. The second-order valence-electron chi connectivity index (χ2n) is 5.90. The first-order valence-electron chi connectivity index (χ1n) is 6.24. The van der Waals surface area contributed by atoms with Crippen molar-refractivity contribution in [2.75, 3.05) is 0 Å². The van der Waals surface area contributed by atoms with Gasteiger partial charge in [-0.05, 0) is 36.0 Å². The van der Waals surface area contributed by atoms with E-state index >= 15 is 0 Å². The lowest BCUT2D eigenvalue weighted by molar-refractivity contribution is -0.140. The first-order valence-corrected chi connectivity index (χ1v) is 6.24. The van der Waals surface area contributed by atoms with Crippen molar-refractivity contribution in [1.82, 2.24) is 0 Å². The van der Waals surface area contributed by atoms with Crippen LogP contribution in [0.15, 0.2) is 18.2 Å². The van der Waals surface area contributed by atoms with Crippen molar-refractivity contribution < 1.29 is 17.6 Å².